The highest BCUT2D eigenvalue weighted by Gasteiger charge is 2.15. The average molecular weight is 305 g/mol. The van der Waals surface area contributed by atoms with Gasteiger partial charge in [0.1, 0.15) is 11.4 Å². The van der Waals surface area contributed by atoms with Crippen molar-refractivity contribution in [2.24, 2.45) is 0 Å². The van der Waals surface area contributed by atoms with E-state index in [1.807, 2.05) is 0 Å². The molecule has 4 nitrogen and oxygen atoms in total. The molecule has 0 saturated heterocycles. The summed E-state index contributed by atoms with van der Waals surface area (Å²) in [5.74, 6) is 5.01. The van der Waals surface area contributed by atoms with Gasteiger partial charge >= 0.3 is 6.09 Å². The lowest BCUT2D eigenvalue weighted by Gasteiger charge is -2.19. The molecule has 5 heteroatoms. The van der Waals surface area contributed by atoms with E-state index in [2.05, 4.69) is 17.2 Å². The number of hydrogen-bond donors (Lipinski definition) is 1. The van der Waals surface area contributed by atoms with E-state index in [0.717, 1.165) is 5.56 Å². The second-order valence-corrected chi connectivity index (χ2v) is 5.75. The van der Waals surface area contributed by atoms with Crippen LogP contribution in [0.3, 0.4) is 0 Å². The lowest BCUT2D eigenvalue weighted by Crippen LogP contribution is -2.32. The van der Waals surface area contributed by atoms with Crippen LogP contribution in [0.4, 0.5) is 9.18 Å². The molecule has 118 valence electrons. The van der Waals surface area contributed by atoms with E-state index < -0.39 is 17.5 Å². The number of halogens is 1. The summed E-state index contributed by atoms with van der Waals surface area (Å²) in [5, 5.41) is 2.57. The highest BCUT2D eigenvalue weighted by atomic mass is 19.1. The minimum atomic E-state index is -0.586. The Morgan fingerprint density at radius 3 is 2.68 bits per heavy atom. The lowest BCUT2D eigenvalue weighted by molar-refractivity contribution is 0.0529. The van der Waals surface area contributed by atoms with E-state index in [1.165, 1.54) is 6.07 Å². The third-order valence-electron chi connectivity index (χ3n) is 2.65. The number of rotatable bonds is 3. The van der Waals surface area contributed by atoms with Gasteiger partial charge in [-0.3, -0.25) is 4.79 Å². The first-order valence-electron chi connectivity index (χ1n) is 6.94. The van der Waals surface area contributed by atoms with Gasteiger partial charge in [-0.05, 0) is 39.3 Å². The first-order chi connectivity index (χ1) is 10.2. The van der Waals surface area contributed by atoms with Gasteiger partial charge in [-0.15, -0.1) is 0 Å². The maximum atomic E-state index is 13.5. The van der Waals surface area contributed by atoms with E-state index >= 15 is 0 Å². The number of benzene rings is 1. The van der Waals surface area contributed by atoms with Gasteiger partial charge in [0.2, 0.25) is 0 Å². The summed E-state index contributed by atoms with van der Waals surface area (Å²) in [5.41, 5.74) is 0.531. The third-order valence-corrected chi connectivity index (χ3v) is 2.65. The molecular weight excluding hydrogens is 285 g/mol. The number of amides is 1. The van der Waals surface area contributed by atoms with Crippen LogP contribution >= 0.6 is 0 Å². The molecule has 0 radical (unpaired) electrons. The summed E-state index contributed by atoms with van der Waals surface area (Å²) in [6, 6.07) is 2.82. The van der Waals surface area contributed by atoms with Crippen molar-refractivity contribution in [3.05, 3.63) is 34.6 Å². The second-order valence-electron chi connectivity index (χ2n) is 5.75. The SMILES string of the molecule is Cc1ccc(F)c(C=O)c1C#CCCNC(=O)OC(C)(C)C. The highest BCUT2D eigenvalue weighted by molar-refractivity contribution is 5.80. The Labute approximate surface area is 130 Å². The van der Waals surface area contributed by atoms with Crippen molar-refractivity contribution in [1.82, 2.24) is 5.32 Å². The van der Waals surface area contributed by atoms with E-state index in [-0.39, 0.29) is 5.56 Å². The van der Waals surface area contributed by atoms with E-state index in [1.54, 1.807) is 33.8 Å². The molecular formula is C17H20FNO3. The van der Waals surface area contributed by atoms with Gasteiger partial charge in [0, 0.05) is 18.5 Å². The quantitative estimate of drug-likeness (QED) is 0.530. The standard InChI is InChI=1S/C17H20FNO3/c1-12-8-9-15(18)14(11-20)13(12)7-5-6-10-19-16(21)22-17(2,3)4/h8-9,11H,6,10H2,1-4H3,(H,19,21). The predicted octanol–water partition coefficient (Wildman–Crippen LogP) is 3.21. The summed E-state index contributed by atoms with van der Waals surface area (Å²) in [6.07, 6.45) is 0.323. The average Bonchev–Trinajstić information content (AvgIpc) is 2.40. The fourth-order valence-corrected chi connectivity index (χ4v) is 1.68. The van der Waals surface area contributed by atoms with Gasteiger partial charge in [0.25, 0.3) is 0 Å². The first-order valence-corrected chi connectivity index (χ1v) is 6.94. The molecule has 0 fully saturated rings. The van der Waals surface area contributed by atoms with Crippen molar-refractivity contribution < 1.29 is 18.7 Å². The van der Waals surface area contributed by atoms with Crippen LogP contribution in [0.5, 0.6) is 0 Å². The zero-order chi connectivity index (χ0) is 16.8. The Morgan fingerprint density at radius 2 is 2.09 bits per heavy atom. The minimum absolute atomic E-state index is 0.0346. The second kappa shape index (κ2) is 7.60. The minimum Gasteiger partial charge on any atom is -0.444 e. The Morgan fingerprint density at radius 1 is 1.41 bits per heavy atom. The van der Waals surface area contributed by atoms with Gasteiger partial charge < -0.3 is 10.1 Å². The fourth-order valence-electron chi connectivity index (χ4n) is 1.68. The molecule has 0 aromatic heterocycles. The number of carbonyl (C=O) groups excluding carboxylic acids is 2. The maximum absolute atomic E-state index is 13.5. The van der Waals surface area contributed by atoms with Gasteiger partial charge in [-0.25, -0.2) is 9.18 Å². The van der Waals surface area contributed by atoms with Gasteiger partial charge in [-0.2, -0.15) is 0 Å². The molecule has 0 saturated carbocycles. The largest absolute Gasteiger partial charge is 0.444 e. The van der Waals surface area contributed by atoms with Crippen molar-refractivity contribution >= 4 is 12.4 Å². The van der Waals surface area contributed by atoms with Gasteiger partial charge in [0.15, 0.2) is 6.29 Å². The molecule has 0 unspecified atom stereocenters. The molecule has 1 N–H and O–H groups in total. The lowest BCUT2D eigenvalue weighted by atomic mass is 10.0. The Hall–Kier alpha value is -2.35. The first kappa shape index (κ1) is 17.7. The number of nitrogens with one attached hydrogen (secondary N) is 1. The van der Waals surface area contributed by atoms with Crippen LogP contribution in [0.15, 0.2) is 12.1 Å². The fraction of sp³-hybridized carbons (Fsp3) is 0.412. The molecule has 1 amide bonds. The van der Waals surface area contributed by atoms with Crippen LogP contribution in [0.1, 0.15) is 48.7 Å². The Bertz CT molecular complexity index is 621. The molecule has 0 atom stereocenters. The number of carbonyl (C=O) groups is 2. The molecule has 1 aromatic carbocycles. The van der Waals surface area contributed by atoms with Crippen LogP contribution < -0.4 is 5.32 Å². The number of ether oxygens (including phenoxy) is 1. The van der Waals surface area contributed by atoms with Crippen molar-refractivity contribution in [2.45, 2.75) is 39.7 Å². The number of aryl methyl sites for hydroxylation is 1. The predicted molar refractivity (Wildman–Crippen MR) is 82.3 cm³/mol. The van der Waals surface area contributed by atoms with E-state index in [4.69, 9.17) is 4.74 Å². The molecule has 0 heterocycles. The summed E-state index contributed by atoms with van der Waals surface area (Å²) in [7, 11) is 0. The number of alkyl carbamates (subject to hydrolysis) is 1. The van der Waals surface area contributed by atoms with E-state index in [0.29, 0.717) is 24.8 Å². The number of aldehydes is 1. The Kier molecular flexibility index (Phi) is 6.11. The van der Waals surface area contributed by atoms with Crippen LogP contribution in [0.25, 0.3) is 0 Å². The topological polar surface area (TPSA) is 55.4 Å². The van der Waals surface area contributed by atoms with Crippen LogP contribution in [-0.2, 0) is 4.74 Å². The zero-order valence-corrected chi connectivity index (χ0v) is 13.2. The van der Waals surface area contributed by atoms with Crippen LogP contribution in [0, 0.1) is 24.6 Å². The molecule has 1 rings (SSSR count). The van der Waals surface area contributed by atoms with Crippen LogP contribution in [-0.4, -0.2) is 24.5 Å². The molecule has 0 bridgehead atoms. The zero-order valence-electron chi connectivity index (χ0n) is 13.2. The number of hydrogen-bond acceptors (Lipinski definition) is 3. The molecule has 1 aromatic rings. The van der Waals surface area contributed by atoms with Crippen molar-refractivity contribution in [2.75, 3.05) is 6.54 Å². The summed E-state index contributed by atoms with van der Waals surface area (Å²) in [4.78, 5) is 22.3. The molecule has 0 aliphatic carbocycles. The van der Waals surface area contributed by atoms with Gasteiger partial charge in [-0.1, -0.05) is 17.9 Å². The molecule has 22 heavy (non-hydrogen) atoms. The van der Waals surface area contributed by atoms with Gasteiger partial charge in [0.05, 0.1) is 5.56 Å². The van der Waals surface area contributed by atoms with Crippen LogP contribution in [0.2, 0.25) is 0 Å². The summed E-state index contributed by atoms with van der Waals surface area (Å²) in [6.45, 7) is 7.41. The smallest absolute Gasteiger partial charge is 0.407 e. The van der Waals surface area contributed by atoms with E-state index in [9.17, 15) is 14.0 Å². The summed E-state index contributed by atoms with van der Waals surface area (Å²) >= 11 is 0. The normalized spacial score (nSPS) is 10.4. The Balaban J connectivity index is 2.61. The van der Waals surface area contributed by atoms with Crippen molar-refractivity contribution in [1.29, 1.82) is 0 Å². The third kappa shape index (κ3) is 5.57. The highest BCUT2D eigenvalue weighted by Crippen LogP contribution is 2.15. The molecule has 0 spiro atoms. The van der Waals surface area contributed by atoms with Crippen molar-refractivity contribution in [3.63, 3.8) is 0 Å². The summed E-state index contributed by atoms with van der Waals surface area (Å²) < 4.78 is 18.6. The maximum Gasteiger partial charge on any atom is 0.407 e. The monoisotopic (exact) mass is 305 g/mol. The molecule has 0 aliphatic rings. The van der Waals surface area contributed by atoms with Crippen molar-refractivity contribution in [3.8, 4) is 11.8 Å². The molecule has 0 aliphatic heterocycles.